The second kappa shape index (κ2) is 4.16. The van der Waals surface area contributed by atoms with Gasteiger partial charge in [0.25, 0.3) is 0 Å². The summed E-state index contributed by atoms with van der Waals surface area (Å²) in [5.41, 5.74) is 0. The molecule has 10 heavy (non-hydrogen) atoms. The molecule has 0 aromatic carbocycles. The number of carbonyl (C=O) groups is 2. The summed E-state index contributed by atoms with van der Waals surface area (Å²) in [6, 6.07) is 0. The molecule has 58 valence electrons. The van der Waals surface area contributed by atoms with Crippen LogP contribution in [0.25, 0.3) is 0 Å². The van der Waals surface area contributed by atoms with Crippen molar-refractivity contribution in [2.24, 2.45) is 0 Å². The zero-order chi connectivity index (χ0) is 10.6. The van der Waals surface area contributed by atoms with Crippen molar-refractivity contribution >= 4 is 24.5 Å². The summed E-state index contributed by atoms with van der Waals surface area (Å²) in [5.74, 6) is -2.15. The van der Waals surface area contributed by atoms with Crippen molar-refractivity contribution in [3.63, 3.8) is 0 Å². The molecule has 2 N–H and O–H groups in total. The molecule has 0 fully saturated rings. The first-order chi connectivity index (χ1) is 5.75. The van der Waals surface area contributed by atoms with Gasteiger partial charge in [0.1, 0.15) is 6.54 Å². The molecule has 0 rings (SSSR count). The molecule has 0 aromatic heterocycles. The first-order valence-electron chi connectivity index (χ1n) is 3.92. The quantitative estimate of drug-likeness (QED) is 0.495. The van der Waals surface area contributed by atoms with E-state index in [1.165, 1.54) is 0 Å². The van der Waals surface area contributed by atoms with Gasteiger partial charge in [0.2, 0.25) is 5.91 Å². The minimum absolute atomic E-state index is 0.605. The van der Waals surface area contributed by atoms with Crippen LogP contribution in [0.4, 0.5) is 0 Å². The fourth-order valence-electron chi connectivity index (χ4n) is 0.259. The van der Waals surface area contributed by atoms with Gasteiger partial charge in [-0.1, -0.05) is 0 Å². The molecule has 0 aliphatic carbocycles. The van der Waals surface area contributed by atoms with Crippen molar-refractivity contribution in [3.05, 3.63) is 0 Å². The van der Waals surface area contributed by atoms with E-state index in [0.717, 1.165) is 0 Å². The molecule has 0 aliphatic rings. The molecule has 0 saturated carbocycles. The lowest BCUT2D eigenvalue weighted by molar-refractivity contribution is -0.137. The Kier molecular flexibility index (Phi) is 2.08. The molecule has 1 atom stereocenters. The van der Waals surface area contributed by atoms with Crippen LogP contribution in [0.5, 0.6) is 0 Å². The molecule has 0 bridgehead atoms. The van der Waals surface area contributed by atoms with Crippen LogP contribution in [0.3, 0.4) is 0 Å². The largest absolute Gasteiger partial charge is 0.480 e. The van der Waals surface area contributed by atoms with Gasteiger partial charge in [0.05, 0.1) is 5.25 Å². The van der Waals surface area contributed by atoms with E-state index in [0.29, 0.717) is 0 Å². The average molecular weight is 166 g/mol. The zero-order valence-corrected chi connectivity index (χ0v) is 5.89. The van der Waals surface area contributed by atoms with Crippen LogP contribution in [0, 0.1) is 0 Å². The Balaban J connectivity index is 4.05. The number of carboxylic acids is 1. The Hall–Kier alpha value is -0.710. The number of hydrogen-bond acceptors (Lipinski definition) is 3. The lowest BCUT2D eigenvalue weighted by Gasteiger charge is -2.02. The molecule has 0 radical (unpaired) electrons. The molecule has 1 unspecified atom stereocenters. The van der Waals surface area contributed by atoms with Crippen LogP contribution in [-0.2, 0) is 9.59 Å². The molecular weight excluding hydrogens is 154 g/mol. The molecule has 0 heterocycles. The van der Waals surface area contributed by atoms with Crippen LogP contribution in [0.2, 0.25) is 0 Å². The lowest BCUT2D eigenvalue weighted by atomic mass is 10.4. The van der Waals surface area contributed by atoms with Gasteiger partial charge in [-0.05, 0) is 6.85 Å². The minimum atomic E-state index is -2.52. The van der Waals surface area contributed by atoms with Gasteiger partial charge in [0, 0.05) is 4.11 Å². The Morgan fingerprint density at radius 2 is 2.50 bits per heavy atom. The normalized spacial score (nSPS) is 17.9. The lowest BCUT2D eigenvalue weighted by Crippen LogP contribution is -2.33. The number of amides is 1. The molecule has 0 saturated heterocycles. The number of thiol groups is 1. The summed E-state index contributed by atoms with van der Waals surface area (Å²) in [5, 5.41) is 8.59. The van der Waals surface area contributed by atoms with Gasteiger partial charge in [0.15, 0.2) is 0 Å². The predicted octanol–water partition coefficient (Wildman–Crippen LogP) is -0.495. The van der Waals surface area contributed by atoms with E-state index in [1.54, 1.807) is 0 Å². The Morgan fingerprint density at radius 3 is 2.90 bits per heavy atom. The van der Waals surface area contributed by atoms with Crippen LogP contribution in [0.15, 0.2) is 0 Å². The zero-order valence-electron chi connectivity index (χ0n) is 8.00. The number of nitrogens with one attached hydrogen (secondary N) is 1. The van der Waals surface area contributed by atoms with Crippen molar-refractivity contribution in [1.82, 2.24) is 5.32 Å². The molecule has 0 aliphatic heterocycles. The molecular formula is C5H9NO3S. The summed E-state index contributed by atoms with van der Waals surface area (Å²) < 4.78 is 20.4. The Labute approximate surface area is 68.2 Å². The van der Waals surface area contributed by atoms with Crippen molar-refractivity contribution in [1.29, 1.82) is 0 Å². The number of carbonyl (C=O) groups excluding carboxylic acids is 1. The third kappa shape index (κ3) is 4.20. The second-order valence-electron chi connectivity index (χ2n) is 1.51. The van der Waals surface area contributed by atoms with Crippen LogP contribution in [-0.4, -0.2) is 28.8 Å². The van der Waals surface area contributed by atoms with E-state index in [4.69, 9.17) is 9.22 Å². The maximum absolute atomic E-state index is 10.9. The maximum atomic E-state index is 10.9. The van der Waals surface area contributed by atoms with Crippen molar-refractivity contribution in [2.75, 3.05) is 6.54 Å². The highest BCUT2D eigenvalue weighted by Gasteiger charge is 2.07. The van der Waals surface area contributed by atoms with Gasteiger partial charge in [-0.25, -0.2) is 0 Å². The summed E-state index contributed by atoms with van der Waals surface area (Å²) in [4.78, 5) is 20.9. The first-order valence-corrected chi connectivity index (χ1v) is 2.94. The van der Waals surface area contributed by atoms with Gasteiger partial charge in [-0.15, -0.1) is 0 Å². The number of aliphatic carboxylic acids is 1. The predicted molar refractivity (Wildman–Crippen MR) is 39.1 cm³/mol. The van der Waals surface area contributed by atoms with Gasteiger partial charge >= 0.3 is 5.97 Å². The van der Waals surface area contributed by atoms with Crippen LogP contribution >= 0.6 is 12.6 Å². The highest BCUT2D eigenvalue weighted by molar-refractivity contribution is 7.81. The van der Waals surface area contributed by atoms with Gasteiger partial charge in [-0.3, -0.25) is 9.59 Å². The van der Waals surface area contributed by atoms with Crippen molar-refractivity contribution in [2.45, 2.75) is 12.1 Å². The number of carboxylic acid groups (broad SMARTS) is 1. The SMILES string of the molecule is [2H]C([2H])([2H])C(S)C(=O)NCC(=O)O. The highest BCUT2D eigenvalue weighted by atomic mass is 32.1. The topological polar surface area (TPSA) is 66.4 Å². The van der Waals surface area contributed by atoms with E-state index >= 15 is 0 Å². The Bertz CT molecular complexity index is 218. The van der Waals surface area contributed by atoms with Crippen molar-refractivity contribution in [3.8, 4) is 0 Å². The Morgan fingerprint density at radius 1 is 1.90 bits per heavy atom. The van der Waals surface area contributed by atoms with Gasteiger partial charge in [-0.2, -0.15) is 12.6 Å². The first kappa shape index (κ1) is 5.01. The van der Waals surface area contributed by atoms with E-state index < -0.39 is 30.5 Å². The maximum Gasteiger partial charge on any atom is 0.322 e. The smallest absolute Gasteiger partial charge is 0.322 e. The fourth-order valence-corrected chi connectivity index (χ4v) is 0.351. The van der Waals surface area contributed by atoms with E-state index in [1.807, 2.05) is 5.32 Å². The van der Waals surface area contributed by atoms with Gasteiger partial charge < -0.3 is 10.4 Å². The van der Waals surface area contributed by atoms with E-state index in [-0.39, 0.29) is 0 Å². The third-order valence-corrected chi connectivity index (χ3v) is 0.897. The standard InChI is InChI=1S/C5H9NO3S/c1-3(10)5(9)6-2-4(7)8/h3,10H,2H2,1H3,(H,6,9)(H,7,8)/i1D3. The number of hydrogen-bond donors (Lipinski definition) is 3. The number of rotatable bonds is 3. The van der Waals surface area contributed by atoms with Crippen molar-refractivity contribution < 1.29 is 18.8 Å². The summed E-state index contributed by atoms with van der Waals surface area (Å²) in [6.45, 7) is -3.13. The van der Waals surface area contributed by atoms with E-state index in [2.05, 4.69) is 12.6 Å². The molecule has 0 spiro atoms. The molecule has 4 nitrogen and oxygen atoms in total. The van der Waals surface area contributed by atoms with Crippen LogP contribution < -0.4 is 5.32 Å². The van der Waals surface area contributed by atoms with E-state index in [9.17, 15) is 9.59 Å². The summed E-state index contributed by atoms with van der Waals surface area (Å²) in [6.07, 6.45) is 0. The molecule has 1 amide bonds. The minimum Gasteiger partial charge on any atom is -0.480 e. The van der Waals surface area contributed by atoms with Crippen LogP contribution in [0.1, 0.15) is 11.0 Å². The third-order valence-electron chi connectivity index (χ3n) is 0.662. The summed E-state index contributed by atoms with van der Waals surface area (Å²) in [7, 11) is 0. The summed E-state index contributed by atoms with van der Waals surface area (Å²) >= 11 is 3.54. The monoisotopic (exact) mass is 166 g/mol. The highest BCUT2D eigenvalue weighted by Crippen LogP contribution is 1.89. The molecule has 0 aromatic rings. The molecule has 5 heteroatoms. The average Bonchev–Trinajstić information content (AvgIpc) is 1.96. The second-order valence-corrected chi connectivity index (χ2v) is 2.03. The fraction of sp³-hybridized carbons (Fsp3) is 0.600.